The normalized spacial score (nSPS) is 11.9. The molecule has 1 amide bonds. The second-order valence-corrected chi connectivity index (χ2v) is 3.28. The Hall–Kier alpha value is -1.86. The number of rotatable bonds is 3. The molecule has 17 heavy (non-hydrogen) atoms. The van der Waals surface area contributed by atoms with Gasteiger partial charge in [0.15, 0.2) is 0 Å². The van der Waals surface area contributed by atoms with E-state index in [9.17, 15) is 27.2 Å². The van der Waals surface area contributed by atoms with Crippen LogP contribution in [0, 0.1) is 0 Å². The van der Waals surface area contributed by atoms with E-state index in [0.717, 1.165) is 7.05 Å². The number of hydrogen-bond donors (Lipinski definition) is 1. The number of amides is 1. The second-order valence-electron chi connectivity index (χ2n) is 3.28. The fourth-order valence-corrected chi connectivity index (χ4v) is 1.27. The van der Waals surface area contributed by atoms with Gasteiger partial charge in [0.2, 0.25) is 0 Å². The quantitative estimate of drug-likeness (QED) is 0.810. The lowest BCUT2D eigenvalue weighted by Gasteiger charge is -2.18. The van der Waals surface area contributed by atoms with Gasteiger partial charge >= 0.3 is 12.3 Å². The fraction of sp³-hybridized carbons (Fsp3) is 0.333. The molecule has 4 nitrogen and oxygen atoms in total. The van der Waals surface area contributed by atoms with Gasteiger partial charge in [0.1, 0.15) is 5.56 Å². The largest absolute Gasteiger partial charge is 0.365 e. The molecule has 0 aliphatic carbocycles. The van der Waals surface area contributed by atoms with E-state index in [1.807, 2.05) is 0 Å². The Morgan fingerprint density at radius 1 is 1.41 bits per heavy atom. The average Bonchev–Trinajstić information content (AvgIpc) is 2.20. The first-order valence-electron chi connectivity index (χ1n) is 4.36. The van der Waals surface area contributed by atoms with Crippen LogP contribution in [0.4, 0.5) is 17.6 Å². The Morgan fingerprint density at radius 2 is 1.94 bits per heavy atom. The van der Waals surface area contributed by atoms with Gasteiger partial charge in [-0.15, -0.1) is 0 Å². The number of aromatic nitrogens is 1. The molecule has 1 aromatic heterocycles. The minimum atomic E-state index is -4.47. The molecule has 0 radical (unpaired) electrons. The summed E-state index contributed by atoms with van der Waals surface area (Å²) in [5.74, 6) is -5.58. The standard InChI is InChI=1S/C9H8F4N2O2/c1-15-5(9(12,13)8(10)11)3-2-4(6(14)16)7(15)17/h2-3,8H,1H3,(H2,14,16). The second kappa shape index (κ2) is 4.19. The third-order valence-corrected chi connectivity index (χ3v) is 2.19. The number of carbonyl (C=O) groups excluding carboxylic acids is 1. The van der Waals surface area contributed by atoms with E-state index < -0.39 is 35.1 Å². The number of primary amides is 1. The lowest BCUT2D eigenvalue weighted by molar-refractivity contribution is -0.140. The van der Waals surface area contributed by atoms with Crippen LogP contribution in [-0.2, 0) is 13.0 Å². The third-order valence-electron chi connectivity index (χ3n) is 2.19. The summed E-state index contributed by atoms with van der Waals surface area (Å²) in [6.45, 7) is 0. The minimum absolute atomic E-state index is 0.284. The highest BCUT2D eigenvalue weighted by atomic mass is 19.3. The van der Waals surface area contributed by atoms with Gasteiger partial charge in [-0.05, 0) is 12.1 Å². The number of pyridine rings is 1. The zero-order valence-corrected chi connectivity index (χ0v) is 8.58. The summed E-state index contributed by atoms with van der Waals surface area (Å²) in [7, 11) is 0.862. The molecule has 94 valence electrons. The topological polar surface area (TPSA) is 65.1 Å². The Kier molecular flexibility index (Phi) is 3.25. The average molecular weight is 252 g/mol. The zero-order valence-electron chi connectivity index (χ0n) is 8.58. The maximum atomic E-state index is 13.0. The minimum Gasteiger partial charge on any atom is -0.365 e. The van der Waals surface area contributed by atoms with E-state index in [1.54, 1.807) is 0 Å². The van der Waals surface area contributed by atoms with Crippen molar-refractivity contribution in [2.75, 3.05) is 0 Å². The predicted octanol–water partition coefficient (Wildman–Crippen LogP) is 0.841. The molecule has 2 N–H and O–H groups in total. The van der Waals surface area contributed by atoms with Crippen molar-refractivity contribution in [1.29, 1.82) is 0 Å². The molecular formula is C9H8F4N2O2. The molecule has 1 rings (SSSR count). The summed E-state index contributed by atoms with van der Waals surface area (Å²) in [4.78, 5) is 22.1. The molecule has 0 saturated carbocycles. The molecule has 0 fully saturated rings. The van der Waals surface area contributed by atoms with E-state index in [2.05, 4.69) is 0 Å². The number of nitrogens with two attached hydrogens (primary N) is 1. The Balaban J connectivity index is 3.47. The molecule has 0 saturated heterocycles. The molecule has 0 aliphatic rings. The van der Waals surface area contributed by atoms with Crippen LogP contribution in [-0.4, -0.2) is 16.9 Å². The van der Waals surface area contributed by atoms with Crippen LogP contribution in [0.2, 0.25) is 0 Å². The monoisotopic (exact) mass is 252 g/mol. The van der Waals surface area contributed by atoms with Crippen LogP contribution >= 0.6 is 0 Å². The van der Waals surface area contributed by atoms with Crippen LogP contribution in [0.1, 0.15) is 16.1 Å². The fourth-order valence-electron chi connectivity index (χ4n) is 1.27. The van der Waals surface area contributed by atoms with Gasteiger partial charge in [0.05, 0.1) is 5.69 Å². The molecule has 0 atom stereocenters. The summed E-state index contributed by atoms with van der Waals surface area (Å²) in [5.41, 5.74) is 1.95. The molecule has 1 aromatic rings. The van der Waals surface area contributed by atoms with Gasteiger partial charge in [-0.25, -0.2) is 8.78 Å². The Bertz CT molecular complexity index is 510. The number of alkyl halides is 4. The van der Waals surface area contributed by atoms with Crippen molar-refractivity contribution < 1.29 is 22.4 Å². The molecule has 0 unspecified atom stereocenters. The summed E-state index contributed by atoms with van der Waals surface area (Å²) < 4.78 is 50.6. The van der Waals surface area contributed by atoms with Crippen molar-refractivity contribution >= 4 is 5.91 Å². The summed E-state index contributed by atoms with van der Waals surface area (Å²) >= 11 is 0. The predicted molar refractivity (Wildman–Crippen MR) is 50.1 cm³/mol. The number of halogens is 4. The molecule has 0 aliphatic heterocycles. The van der Waals surface area contributed by atoms with Crippen LogP contribution in [0.15, 0.2) is 16.9 Å². The summed E-state index contributed by atoms with van der Waals surface area (Å²) in [6, 6.07) is 1.28. The third kappa shape index (κ3) is 2.15. The first-order chi connectivity index (χ1) is 7.69. The van der Waals surface area contributed by atoms with E-state index in [4.69, 9.17) is 5.73 Å². The van der Waals surface area contributed by atoms with Crippen LogP contribution in [0.5, 0.6) is 0 Å². The molecule has 0 bridgehead atoms. The van der Waals surface area contributed by atoms with Crippen LogP contribution in [0.25, 0.3) is 0 Å². The van der Waals surface area contributed by atoms with Gasteiger partial charge < -0.3 is 10.3 Å². The van der Waals surface area contributed by atoms with Crippen LogP contribution < -0.4 is 11.3 Å². The molecule has 0 aromatic carbocycles. The van der Waals surface area contributed by atoms with E-state index >= 15 is 0 Å². The molecule has 8 heteroatoms. The van der Waals surface area contributed by atoms with Gasteiger partial charge in [-0.3, -0.25) is 9.59 Å². The zero-order chi connectivity index (χ0) is 13.4. The SMILES string of the molecule is Cn1c(C(F)(F)C(F)F)ccc(C(N)=O)c1=O. The maximum Gasteiger partial charge on any atom is 0.347 e. The smallest absolute Gasteiger partial charge is 0.347 e. The number of carbonyl (C=O) groups is 1. The van der Waals surface area contributed by atoms with Gasteiger partial charge in [-0.1, -0.05) is 0 Å². The van der Waals surface area contributed by atoms with Gasteiger partial charge in [-0.2, -0.15) is 8.78 Å². The number of nitrogens with zero attached hydrogens (tertiary/aromatic N) is 1. The molecule has 0 spiro atoms. The highest BCUT2D eigenvalue weighted by Gasteiger charge is 2.44. The molecular weight excluding hydrogens is 244 g/mol. The Labute approximate surface area is 92.6 Å². The van der Waals surface area contributed by atoms with Crippen molar-refractivity contribution in [3.8, 4) is 0 Å². The number of hydrogen-bond acceptors (Lipinski definition) is 2. The van der Waals surface area contributed by atoms with Crippen molar-refractivity contribution in [2.24, 2.45) is 12.8 Å². The van der Waals surface area contributed by atoms with E-state index in [1.165, 1.54) is 0 Å². The first-order valence-corrected chi connectivity index (χ1v) is 4.36. The highest BCUT2D eigenvalue weighted by molar-refractivity contribution is 5.92. The van der Waals surface area contributed by atoms with Crippen molar-refractivity contribution in [2.45, 2.75) is 12.3 Å². The highest BCUT2D eigenvalue weighted by Crippen LogP contribution is 2.33. The van der Waals surface area contributed by atoms with Crippen molar-refractivity contribution in [3.63, 3.8) is 0 Å². The van der Waals surface area contributed by atoms with E-state index in [0.29, 0.717) is 12.1 Å². The lowest BCUT2D eigenvalue weighted by atomic mass is 10.1. The Morgan fingerprint density at radius 3 is 2.35 bits per heavy atom. The summed E-state index contributed by atoms with van der Waals surface area (Å²) in [5, 5.41) is 0. The summed E-state index contributed by atoms with van der Waals surface area (Å²) in [6.07, 6.45) is -3.95. The lowest BCUT2D eigenvalue weighted by Crippen LogP contribution is -2.35. The first kappa shape index (κ1) is 13.2. The van der Waals surface area contributed by atoms with Crippen molar-refractivity contribution in [3.05, 3.63) is 33.7 Å². The van der Waals surface area contributed by atoms with Gasteiger partial charge in [0, 0.05) is 7.05 Å². The molecule has 1 heterocycles. The maximum absolute atomic E-state index is 13.0. The van der Waals surface area contributed by atoms with Crippen LogP contribution in [0.3, 0.4) is 0 Å². The van der Waals surface area contributed by atoms with Gasteiger partial charge in [0.25, 0.3) is 11.5 Å². The van der Waals surface area contributed by atoms with Crippen molar-refractivity contribution in [1.82, 2.24) is 4.57 Å². The van der Waals surface area contributed by atoms with E-state index in [-0.39, 0.29) is 4.57 Å².